The Bertz CT molecular complexity index is 1210. The summed E-state index contributed by atoms with van der Waals surface area (Å²) in [5, 5.41) is 6.56. The van der Waals surface area contributed by atoms with E-state index < -0.39 is 36.5 Å². The van der Waals surface area contributed by atoms with Crippen LogP contribution in [0.1, 0.15) is 49.5 Å². The Morgan fingerprint density at radius 2 is 1.90 bits per heavy atom. The van der Waals surface area contributed by atoms with E-state index in [2.05, 4.69) is 15.2 Å². The molecule has 1 fully saturated rings. The molecule has 1 heterocycles. The molecule has 2 atom stereocenters. The fourth-order valence-corrected chi connectivity index (χ4v) is 3.98. The molecule has 39 heavy (non-hydrogen) atoms. The zero-order valence-electron chi connectivity index (χ0n) is 21.4. The van der Waals surface area contributed by atoms with Gasteiger partial charge in [-0.1, -0.05) is 47.9 Å². The van der Waals surface area contributed by atoms with Crippen molar-refractivity contribution < 1.29 is 37.5 Å². The van der Waals surface area contributed by atoms with E-state index in [1.165, 1.54) is 11.0 Å². The van der Waals surface area contributed by atoms with Crippen LogP contribution in [0.15, 0.2) is 47.6 Å². The van der Waals surface area contributed by atoms with E-state index in [4.69, 9.17) is 26.9 Å². The Balaban J connectivity index is 1.69. The van der Waals surface area contributed by atoms with Crippen molar-refractivity contribution in [2.75, 3.05) is 13.2 Å². The summed E-state index contributed by atoms with van der Waals surface area (Å²) in [6, 6.07) is 9.82. The predicted octanol–water partition coefficient (Wildman–Crippen LogP) is 3.51. The Labute approximate surface area is 229 Å². The number of halogens is 3. The first-order valence-electron chi connectivity index (χ1n) is 12.2. The van der Waals surface area contributed by atoms with Crippen molar-refractivity contribution in [3.63, 3.8) is 0 Å². The zero-order chi connectivity index (χ0) is 28.5. The average molecular weight is 567 g/mol. The molecule has 0 spiro atoms. The summed E-state index contributed by atoms with van der Waals surface area (Å²) in [5.74, 6) is -1.84. The third-order valence-corrected chi connectivity index (χ3v) is 6.02. The molecule has 0 aromatic heterocycles. The fraction of sp³-hybridized carbons (Fsp3) is 0.385. The van der Waals surface area contributed by atoms with E-state index in [0.29, 0.717) is 18.6 Å². The van der Waals surface area contributed by atoms with E-state index in [1.54, 1.807) is 38.1 Å². The standard InChI is InChI=1S/C26H29ClF2N4O6/c1-3-21(34)39-22(17-11-18(27)13-19(12-17)38-26(28)29)25(36)33-10-9-20(33)24(35)31-14-15-5-7-16(8-6-15)23(30)32-37-4-2/h5-8,11-13,20,22,26H,3-4,9-10,14H2,1-2H3,(H2,30,32)(H,31,35)/t20-,22+/m0/s1. The molecule has 3 N–H and O–H groups in total. The molecule has 2 aromatic carbocycles. The number of hydrogen-bond donors (Lipinski definition) is 2. The quantitative estimate of drug-likeness (QED) is 0.174. The SMILES string of the molecule is CCO/N=C(\N)c1ccc(CNC(=O)[C@@H]2CCN2C(=O)[C@H](OC(=O)CC)c2cc(Cl)cc(OC(F)F)c2)cc1. The van der Waals surface area contributed by atoms with E-state index in [0.717, 1.165) is 17.7 Å². The second-order valence-corrected chi connectivity index (χ2v) is 8.90. The van der Waals surface area contributed by atoms with Gasteiger partial charge in [-0.15, -0.1) is 0 Å². The third-order valence-electron chi connectivity index (χ3n) is 5.80. The molecule has 0 saturated carbocycles. The van der Waals surface area contributed by atoms with Gasteiger partial charge in [-0.05, 0) is 37.1 Å². The number of nitrogens with two attached hydrogens (primary N) is 1. The smallest absolute Gasteiger partial charge is 0.387 e. The highest BCUT2D eigenvalue weighted by atomic mass is 35.5. The molecule has 1 aliphatic heterocycles. The van der Waals surface area contributed by atoms with Crippen LogP contribution in [0.4, 0.5) is 8.78 Å². The Morgan fingerprint density at radius 1 is 1.18 bits per heavy atom. The number of esters is 1. The van der Waals surface area contributed by atoms with Crippen LogP contribution in [0, 0.1) is 0 Å². The number of nitrogens with zero attached hydrogens (tertiary/aromatic N) is 2. The number of alkyl halides is 2. The van der Waals surface area contributed by atoms with Crippen LogP contribution in [0.3, 0.4) is 0 Å². The highest BCUT2D eigenvalue weighted by molar-refractivity contribution is 6.30. The number of oxime groups is 1. The van der Waals surface area contributed by atoms with Gasteiger partial charge in [0.25, 0.3) is 5.91 Å². The van der Waals surface area contributed by atoms with Crippen LogP contribution >= 0.6 is 11.6 Å². The number of hydrogen-bond acceptors (Lipinski definition) is 7. The minimum Gasteiger partial charge on any atom is -0.447 e. The fourth-order valence-electron chi connectivity index (χ4n) is 3.74. The van der Waals surface area contributed by atoms with E-state index in [-0.39, 0.29) is 41.7 Å². The third kappa shape index (κ3) is 8.03. The summed E-state index contributed by atoms with van der Waals surface area (Å²) < 4.78 is 35.2. The lowest BCUT2D eigenvalue weighted by Crippen LogP contribution is -2.59. The second-order valence-electron chi connectivity index (χ2n) is 8.47. The molecular weight excluding hydrogens is 538 g/mol. The number of nitrogens with one attached hydrogen (secondary N) is 1. The number of benzene rings is 2. The molecule has 0 bridgehead atoms. The predicted molar refractivity (Wildman–Crippen MR) is 138 cm³/mol. The van der Waals surface area contributed by atoms with Gasteiger partial charge in [-0.3, -0.25) is 14.4 Å². The molecular formula is C26H29ClF2N4O6. The molecule has 13 heteroatoms. The lowest BCUT2D eigenvalue weighted by Gasteiger charge is -2.41. The van der Waals surface area contributed by atoms with Crippen LogP contribution in [0.2, 0.25) is 5.02 Å². The van der Waals surface area contributed by atoms with Gasteiger partial charge in [-0.2, -0.15) is 8.78 Å². The van der Waals surface area contributed by atoms with E-state index in [1.807, 2.05) is 0 Å². The average Bonchev–Trinajstić information content (AvgIpc) is 2.87. The summed E-state index contributed by atoms with van der Waals surface area (Å²) in [4.78, 5) is 44.6. The van der Waals surface area contributed by atoms with Gasteiger partial charge < -0.3 is 30.3 Å². The van der Waals surface area contributed by atoms with E-state index in [9.17, 15) is 23.2 Å². The van der Waals surface area contributed by atoms with Gasteiger partial charge in [-0.25, -0.2) is 0 Å². The minimum absolute atomic E-state index is 0.00309. The van der Waals surface area contributed by atoms with E-state index >= 15 is 0 Å². The molecule has 210 valence electrons. The van der Waals surface area contributed by atoms with Crippen LogP contribution in [0.5, 0.6) is 5.75 Å². The van der Waals surface area contributed by atoms with Crippen LogP contribution < -0.4 is 15.8 Å². The topological polar surface area (TPSA) is 133 Å². The molecule has 0 aliphatic carbocycles. The summed E-state index contributed by atoms with van der Waals surface area (Å²) in [6.07, 6.45) is -1.13. The first kappa shape index (κ1) is 29.6. The number of carbonyl (C=O) groups is 3. The summed E-state index contributed by atoms with van der Waals surface area (Å²) in [7, 11) is 0. The number of carbonyl (C=O) groups excluding carboxylic acids is 3. The largest absolute Gasteiger partial charge is 0.447 e. The molecule has 0 unspecified atom stereocenters. The molecule has 1 aliphatic rings. The van der Waals surface area contributed by atoms with Gasteiger partial charge in [0.1, 0.15) is 18.4 Å². The summed E-state index contributed by atoms with van der Waals surface area (Å²) in [6.45, 7) is 1.03. The van der Waals surface area contributed by atoms with Crippen molar-refractivity contribution >= 4 is 35.2 Å². The maximum atomic E-state index is 13.4. The lowest BCUT2D eigenvalue weighted by atomic mass is 9.98. The number of amides is 2. The maximum Gasteiger partial charge on any atom is 0.387 e. The second kappa shape index (κ2) is 13.7. The molecule has 3 rings (SSSR count). The monoisotopic (exact) mass is 566 g/mol. The van der Waals surface area contributed by atoms with Crippen LogP contribution in [0.25, 0.3) is 0 Å². The van der Waals surface area contributed by atoms with Crippen molar-refractivity contribution in [2.24, 2.45) is 10.9 Å². The minimum atomic E-state index is -3.12. The molecule has 2 aromatic rings. The Morgan fingerprint density at radius 3 is 2.49 bits per heavy atom. The molecule has 1 saturated heterocycles. The number of likely N-dealkylation sites (tertiary alicyclic amines) is 1. The number of ether oxygens (including phenoxy) is 2. The van der Waals surface area contributed by atoms with Crippen molar-refractivity contribution in [1.29, 1.82) is 0 Å². The van der Waals surface area contributed by atoms with Gasteiger partial charge in [0.15, 0.2) is 5.84 Å². The number of rotatable bonds is 12. The maximum absolute atomic E-state index is 13.4. The van der Waals surface area contributed by atoms with Crippen molar-refractivity contribution in [2.45, 2.75) is 52.0 Å². The molecule has 10 nitrogen and oxygen atoms in total. The normalized spacial score (nSPS) is 15.8. The van der Waals surface area contributed by atoms with Crippen molar-refractivity contribution in [1.82, 2.24) is 10.2 Å². The molecule has 2 amide bonds. The first-order chi connectivity index (χ1) is 18.6. The van der Waals surface area contributed by atoms with Crippen LogP contribution in [-0.2, 0) is 30.5 Å². The zero-order valence-corrected chi connectivity index (χ0v) is 22.1. The van der Waals surface area contributed by atoms with Crippen molar-refractivity contribution in [3.05, 3.63) is 64.2 Å². The molecule has 0 radical (unpaired) electrons. The first-order valence-corrected chi connectivity index (χ1v) is 12.6. The summed E-state index contributed by atoms with van der Waals surface area (Å²) in [5.41, 5.74) is 7.33. The van der Waals surface area contributed by atoms with Crippen molar-refractivity contribution in [3.8, 4) is 5.75 Å². The van der Waals surface area contributed by atoms with Gasteiger partial charge in [0, 0.05) is 35.7 Å². The van der Waals surface area contributed by atoms with Gasteiger partial charge in [0.2, 0.25) is 12.0 Å². The summed E-state index contributed by atoms with van der Waals surface area (Å²) >= 11 is 6.03. The Hall–Kier alpha value is -3.93. The Kier molecular flexibility index (Phi) is 10.4. The highest BCUT2D eigenvalue weighted by Crippen LogP contribution is 2.32. The van der Waals surface area contributed by atoms with Gasteiger partial charge in [0.05, 0.1) is 0 Å². The number of amidine groups is 1. The highest BCUT2D eigenvalue weighted by Gasteiger charge is 2.42. The lowest BCUT2D eigenvalue weighted by molar-refractivity contribution is -0.166. The van der Waals surface area contributed by atoms with Crippen LogP contribution in [-0.4, -0.2) is 54.3 Å². The van der Waals surface area contributed by atoms with Gasteiger partial charge >= 0.3 is 12.6 Å².